The van der Waals surface area contributed by atoms with Crippen LogP contribution < -0.4 is 5.32 Å². The molecule has 0 radical (unpaired) electrons. The molecule has 5 aliphatic carbocycles. The monoisotopic (exact) mass is 415 g/mol. The Balaban J connectivity index is 1.45. The lowest BCUT2D eigenvalue weighted by molar-refractivity contribution is -0.127. The second-order valence-corrected chi connectivity index (χ2v) is 12.6. The van der Waals surface area contributed by atoms with Crippen LogP contribution in [0.1, 0.15) is 68.9 Å². The Morgan fingerprint density at radius 2 is 1.52 bits per heavy atom. The summed E-state index contributed by atoms with van der Waals surface area (Å²) < 4.78 is 26.2. The largest absolute Gasteiger partial charge is 0.351 e. The molecule has 0 unspecified atom stereocenters. The Morgan fingerprint density at radius 3 is 2.07 bits per heavy atom. The Labute approximate surface area is 174 Å². The maximum atomic E-state index is 13.7. The summed E-state index contributed by atoms with van der Waals surface area (Å²) in [5.41, 5.74) is 2.03. The van der Waals surface area contributed by atoms with Crippen molar-refractivity contribution in [2.24, 2.45) is 23.7 Å². The molecule has 5 fully saturated rings. The van der Waals surface area contributed by atoms with Crippen molar-refractivity contribution < 1.29 is 13.2 Å². The van der Waals surface area contributed by atoms with Gasteiger partial charge in [0.2, 0.25) is 5.91 Å². The Kier molecular flexibility index (Phi) is 4.61. The third-order valence-electron chi connectivity index (χ3n) is 8.65. The number of carbonyl (C=O) groups excluding carboxylic acids is 1. The number of rotatable bonds is 4. The maximum absolute atomic E-state index is 13.7. The van der Waals surface area contributed by atoms with Gasteiger partial charge in [0, 0.05) is 6.04 Å². The zero-order valence-electron chi connectivity index (χ0n) is 17.6. The fourth-order valence-corrected chi connectivity index (χ4v) is 9.27. The smallest absolute Gasteiger partial charge is 0.242 e. The van der Waals surface area contributed by atoms with Gasteiger partial charge in [0.15, 0.2) is 14.6 Å². The fourth-order valence-electron chi connectivity index (χ4n) is 7.11. The van der Waals surface area contributed by atoms with Crippen LogP contribution in [0.4, 0.5) is 0 Å². The molecule has 0 aromatic heterocycles. The summed E-state index contributed by atoms with van der Waals surface area (Å²) in [6.07, 6.45) is 8.74. The molecule has 1 N–H and O–H groups in total. The zero-order valence-corrected chi connectivity index (χ0v) is 18.4. The average molecular weight is 416 g/mol. The van der Waals surface area contributed by atoms with Crippen molar-refractivity contribution in [1.29, 1.82) is 0 Å². The Morgan fingerprint density at radius 1 is 0.931 bits per heavy atom. The van der Waals surface area contributed by atoms with Gasteiger partial charge in [-0.3, -0.25) is 4.79 Å². The van der Waals surface area contributed by atoms with Crippen molar-refractivity contribution in [3.63, 3.8) is 0 Å². The van der Waals surface area contributed by atoms with E-state index in [0.717, 1.165) is 35.8 Å². The van der Waals surface area contributed by atoms with Crippen LogP contribution in [-0.4, -0.2) is 25.1 Å². The van der Waals surface area contributed by atoms with Crippen molar-refractivity contribution in [2.75, 3.05) is 0 Å². The number of amides is 1. The van der Waals surface area contributed by atoms with Crippen LogP contribution in [-0.2, 0) is 14.6 Å². The number of hydrogen-bond acceptors (Lipinski definition) is 3. The van der Waals surface area contributed by atoms with Crippen molar-refractivity contribution in [2.45, 2.75) is 87.3 Å². The van der Waals surface area contributed by atoms with E-state index in [0.29, 0.717) is 29.6 Å². The van der Waals surface area contributed by atoms with Gasteiger partial charge in [-0.25, -0.2) is 8.42 Å². The second kappa shape index (κ2) is 6.83. The first-order chi connectivity index (χ1) is 13.8. The van der Waals surface area contributed by atoms with Gasteiger partial charge >= 0.3 is 0 Å². The molecule has 158 valence electrons. The highest BCUT2D eigenvalue weighted by Gasteiger charge is 2.55. The molecule has 0 heterocycles. The molecule has 0 saturated heterocycles. The third-order valence-corrected chi connectivity index (χ3v) is 11.1. The lowest BCUT2D eigenvalue weighted by Crippen LogP contribution is -2.60. The molecule has 4 nitrogen and oxygen atoms in total. The molecule has 0 spiro atoms. The average Bonchev–Trinajstić information content (AvgIpc) is 3.18. The van der Waals surface area contributed by atoms with Crippen molar-refractivity contribution in [3.8, 4) is 0 Å². The molecule has 0 aliphatic heterocycles. The van der Waals surface area contributed by atoms with Gasteiger partial charge in [0.1, 0.15) is 0 Å². The van der Waals surface area contributed by atoms with E-state index in [1.54, 1.807) is 12.1 Å². The summed E-state index contributed by atoms with van der Waals surface area (Å²) >= 11 is 0. The minimum absolute atomic E-state index is 0.183. The second-order valence-electron chi connectivity index (χ2n) is 10.4. The van der Waals surface area contributed by atoms with E-state index in [2.05, 4.69) is 5.32 Å². The van der Waals surface area contributed by atoms with E-state index in [9.17, 15) is 13.2 Å². The van der Waals surface area contributed by atoms with Gasteiger partial charge in [-0.2, -0.15) is 0 Å². The lowest BCUT2D eigenvalue weighted by Gasteiger charge is -2.54. The van der Waals surface area contributed by atoms with Crippen LogP contribution in [0.5, 0.6) is 0 Å². The topological polar surface area (TPSA) is 63.2 Å². The number of benzene rings is 1. The molecule has 29 heavy (non-hydrogen) atoms. The van der Waals surface area contributed by atoms with Crippen LogP contribution >= 0.6 is 0 Å². The molecule has 5 heteroatoms. The number of nitrogens with one attached hydrogen (secondary N) is 1. The van der Waals surface area contributed by atoms with Gasteiger partial charge in [0.25, 0.3) is 0 Å². The van der Waals surface area contributed by atoms with E-state index in [4.69, 9.17) is 0 Å². The third kappa shape index (κ3) is 2.98. The minimum Gasteiger partial charge on any atom is -0.351 e. The molecular weight excluding hydrogens is 382 g/mol. The number of sulfone groups is 1. The lowest BCUT2D eigenvalue weighted by atomic mass is 9.54. The summed E-state index contributed by atoms with van der Waals surface area (Å²) in [5.74, 6) is 2.57. The summed E-state index contributed by atoms with van der Waals surface area (Å²) in [5, 5.41) is 3.33. The number of hydrogen-bond donors (Lipinski definition) is 1. The van der Waals surface area contributed by atoms with Crippen LogP contribution in [0.15, 0.2) is 23.1 Å². The Bertz CT molecular complexity index is 901. The quantitative estimate of drug-likeness (QED) is 0.796. The SMILES string of the molecule is Cc1ccc(S(=O)(=O)C2(C(=O)NC3C4CC5CC(C4)CC3C5)CCCC2)cc1C. The van der Waals surface area contributed by atoms with Crippen LogP contribution in [0, 0.1) is 37.5 Å². The summed E-state index contributed by atoms with van der Waals surface area (Å²) in [7, 11) is -3.73. The van der Waals surface area contributed by atoms with Gasteiger partial charge in [-0.1, -0.05) is 18.9 Å². The van der Waals surface area contributed by atoms with Crippen molar-refractivity contribution in [1.82, 2.24) is 5.32 Å². The molecule has 1 aromatic carbocycles. The summed E-state index contributed by atoms with van der Waals surface area (Å²) in [6, 6.07) is 5.48. The van der Waals surface area contributed by atoms with Crippen LogP contribution in [0.25, 0.3) is 0 Å². The van der Waals surface area contributed by atoms with E-state index in [1.165, 1.54) is 32.1 Å². The molecular formula is C24H33NO3S. The normalized spacial score (nSPS) is 35.0. The van der Waals surface area contributed by atoms with Gasteiger partial charge < -0.3 is 5.32 Å². The van der Waals surface area contributed by atoms with E-state index < -0.39 is 14.6 Å². The molecule has 4 bridgehead atoms. The van der Waals surface area contributed by atoms with E-state index >= 15 is 0 Å². The van der Waals surface area contributed by atoms with Gasteiger partial charge in [-0.05, 0) is 106 Å². The molecule has 6 rings (SSSR count). The molecule has 5 aliphatic rings. The standard InChI is InChI=1S/C24H33NO3S/c1-15-5-6-21(9-16(15)2)29(27,28)24(7-3-4-8-24)23(26)25-22-19-11-17-10-18(13-19)14-20(22)12-17/h5-6,9,17-20,22H,3-4,7-8,10-14H2,1-2H3,(H,25,26). The highest BCUT2D eigenvalue weighted by Crippen LogP contribution is 2.54. The zero-order chi connectivity index (χ0) is 20.4. The number of carbonyl (C=O) groups is 1. The highest BCUT2D eigenvalue weighted by molar-refractivity contribution is 7.93. The first-order valence-electron chi connectivity index (χ1n) is 11.4. The molecule has 5 saturated carbocycles. The maximum Gasteiger partial charge on any atom is 0.242 e. The van der Waals surface area contributed by atoms with E-state index in [-0.39, 0.29) is 11.9 Å². The fraction of sp³-hybridized carbons (Fsp3) is 0.708. The highest BCUT2D eigenvalue weighted by atomic mass is 32.2. The first kappa shape index (κ1) is 19.6. The predicted octanol–water partition coefficient (Wildman–Crippen LogP) is 4.33. The summed E-state index contributed by atoms with van der Waals surface area (Å²) in [6.45, 7) is 3.92. The Hall–Kier alpha value is -1.36. The van der Waals surface area contributed by atoms with Crippen LogP contribution in [0.3, 0.4) is 0 Å². The van der Waals surface area contributed by atoms with Crippen molar-refractivity contribution in [3.05, 3.63) is 29.3 Å². The van der Waals surface area contributed by atoms with Gasteiger partial charge in [-0.15, -0.1) is 0 Å². The molecule has 0 atom stereocenters. The van der Waals surface area contributed by atoms with Crippen molar-refractivity contribution >= 4 is 15.7 Å². The van der Waals surface area contributed by atoms with E-state index in [1.807, 2.05) is 19.9 Å². The molecule has 1 amide bonds. The predicted molar refractivity (Wildman–Crippen MR) is 113 cm³/mol. The van der Waals surface area contributed by atoms with Gasteiger partial charge in [0.05, 0.1) is 4.90 Å². The summed E-state index contributed by atoms with van der Waals surface area (Å²) in [4.78, 5) is 13.9. The van der Waals surface area contributed by atoms with Crippen LogP contribution in [0.2, 0.25) is 0 Å². The minimum atomic E-state index is -3.73. The molecule has 1 aromatic rings. The first-order valence-corrected chi connectivity index (χ1v) is 12.9. The number of aryl methyl sites for hydroxylation is 2.